The van der Waals surface area contributed by atoms with Crippen molar-refractivity contribution in [1.29, 1.82) is 0 Å². The van der Waals surface area contributed by atoms with E-state index in [-0.39, 0.29) is 31.5 Å². The van der Waals surface area contributed by atoms with Crippen LogP contribution in [0.5, 0.6) is 0 Å². The molecule has 2 aliphatic carbocycles. The van der Waals surface area contributed by atoms with E-state index in [0.29, 0.717) is 31.0 Å². The molecule has 0 aliphatic heterocycles. The van der Waals surface area contributed by atoms with Crippen molar-refractivity contribution < 1.29 is 23.1 Å². The van der Waals surface area contributed by atoms with Crippen molar-refractivity contribution in [2.75, 3.05) is 0 Å². The lowest BCUT2D eigenvalue weighted by Gasteiger charge is -2.29. The van der Waals surface area contributed by atoms with E-state index in [0.717, 1.165) is 36.3 Å². The summed E-state index contributed by atoms with van der Waals surface area (Å²) in [6, 6.07) is 4.01. The number of aromatic nitrogens is 3. The summed E-state index contributed by atoms with van der Waals surface area (Å²) in [5, 5.41) is 10.3. The molecule has 2 aromatic rings. The number of ketones is 1. The zero-order valence-corrected chi connectivity index (χ0v) is 18.1. The molecule has 2 aliphatic rings. The Labute approximate surface area is 180 Å². The number of carbonyl (C=O) groups is 1. The first kappa shape index (κ1) is 22.2. The summed E-state index contributed by atoms with van der Waals surface area (Å²) in [5.41, 5.74) is -0.635. The van der Waals surface area contributed by atoms with Crippen LogP contribution < -0.4 is 0 Å². The maximum Gasteiger partial charge on any atom is 0.394 e. The average Bonchev–Trinajstić information content (AvgIpc) is 3.33. The fourth-order valence-electron chi connectivity index (χ4n) is 4.35. The van der Waals surface area contributed by atoms with E-state index in [1.54, 1.807) is 19.9 Å². The van der Waals surface area contributed by atoms with E-state index in [9.17, 15) is 23.1 Å². The molecule has 1 N–H and O–H groups in total. The van der Waals surface area contributed by atoms with Crippen LogP contribution in [0, 0.1) is 5.41 Å². The van der Waals surface area contributed by atoms with E-state index in [1.807, 2.05) is 6.07 Å². The second kappa shape index (κ2) is 7.87. The first-order valence-corrected chi connectivity index (χ1v) is 11.2. The summed E-state index contributed by atoms with van der Waals surface area (Å²) in [6.45, 7) is 3.40. The second-order valence-electron chi connectivity index (χ2n) is 9.78. The molecule has 0 amide bonds. The number of Topliss-reactive ketones (excluding diaryl/α,β-unsaturated/α-hetero) is 1. The number of hydrogen-bond donors (Lipinski definition) is 1. The Morgan fingerprint density at radius 2 is 1.90 bits per heavy atom. The van der Waals surface area contributed by atoms with Crippen molar-refractivity contribution in [3.05, 3.63) is 23.7 Å². The molecule has 31 heavy (non-hydrogen) atoms. The lowest BCUT2D eigenvalue weighted by atomic mass is 9.92. The number of aryl methyl sites for hydroxylation is 1. The summed E-state index contributed by atoms with van der Waals surface area (Å²) in [4.78, 5) is 21.5. The summed E-state index contributed by atoms with van der Waals surface area (Å²) >= 11 is 0. The fraction of sp³-hybridized carbons (Fsp3) is 0.696. The van der Waals surface area contributed by atoms with Crippen LogP contribution in [0.15, 0.2) is 12.1 Å². The van der Waals surface area contributed by atoms with Gasteiger partial charge in [-0.2, -0.15) is 13.2 Å². The van der Waals surface area contributed by atoms with Crippen LogP contribution >= 0.6 is 0 Å². The van der Waals surface area contributed by atoms with Gasteiger partial charge in [0.25, 0.3) is 0 Å². The van der Waals surface area contributed by atoms with Crippen LogP contribution in [0.4, 0.5) is 13.2 Å². The predicted molar refractivity (Wildman–Crippen MR) is 111 cm³/mol. The van der Waals surface area contributed by atoms with Gasteiger partial charge >= 0.3 is 6.18 Å². The van der Waals surface area contributed by atoms with Crippen LogP contribution in [0.2, 0.25) is 0 Å². The lowest BCUT2D eigenvalue weighted by Crippen LogP contribution is -2.27. The third-order valence-corrected chi connectivity index (χ3v) is 6.77. The van der Waals surface area contributed by atoms with Crippen molar-refractivity contribution >= 4 is 16.9 Å². The van der Waals surface area contributed by atoms with Gasteiger partial charge in [0.1, 0.15) is 22.7 Å². The molecule has 2 fully saturated rings. The Morgan fingerprint density at radius 1 is 1.19 bits per heavy atom. The Morgan fingerprint density at radius 3 is 2.45 bits per heavy atom. The van der Waals surface area contributed by atoms with Crippen molar-refractivity contribution in [1.82, 2.24) is 14.5 Å². The van der Waals surface area contributed by atoms with Gasteiger partial charge < -0.3 is 9.67 Å². The number of aliphatic hydroxyl groups is 1. The average molecular weight is 438 g/mol. The number of alkyl halides is 3. The lowest BCUT2D eigenvalue weighted by molar-refractivity contribution is -0.190. The van der Waals surface area contributed by atoms with E-state index < -0.39 is 17.2 Å². The first-order valence-electron chi connectivity index (χ1n) is 11.2. The molecule has 0 bridgehead atoms. The van der Waals surface area contributed by atoms with Crippen LogP contribution in [-0.2, 0) is 16.8 Å². The number of nitrogens with zero attached hydrogens (tertiary/aromatic N) is 3. The molecule has 0 radical (unpaired) electrons. The molecule has 2 saturated carbocycles. The Kier molecular flexibility index (Phi) is 5.65. The summed E-state index contributed by atoms with van der Waals surface area (Å²) in [5.74, 6) is 0.611. The molecular weight excluding hydrogens is 407 g/mol. The molecule has 2 aromatic heterocycles. The van der Waals surface area contributed by atoms with Crippen molar-refractivity contribution in [3.8, 4) is 0 Å². The van der Waals surface area contributed by atoms with Gasteiger partial charge in [-0.1, -0.05) is 0 Å². The Balaban J connectivity index is 1.41. The molecule has 0 aromatic carbocycles. The normalized spacial score (nSPS) is 18.9. The number of rotatable bonds is 9. The Bertz CT molecular complexity index is 967. The molecule has 0 atom stereocenters. The maximum atomic E-state index is 13.0. The minimum Gasteiger partial charge on any atom is -0.384 e. The highest BCUT2D eigenvalue weighted by Crippen LogP contribution is 2.60. The maximum absolute atomic E-state index is 13.0. The van der Waals surface area contributed by atoms with Crippen LogP contribution in [0.1, 0.15) is 89.2 Å². The zero-order valence-electron chi connectivity index (χ0n) is 18.1. The molecule has 0 saturated heterocycles. The number of unbranched alkanes of at least 4 members (excludes halogenated alkanes) is 1. The number of pyridine rings is 1. The molecule has 2 heterocycles. The predicted octanol–water partition coefficient (Wildman–Crippen LogP) is 5.40. The second-order valence-corrected chi connectivity index (χ2v) is 9.78. The van der Waals surface area contributed by atoms with Crippen LogP contribution in [-0.4, -0.2) is 31.6 Å². The van der Waals surface area contributed by atoms with Crippen LogP contribution in [0.3, 0.4) is 0 Å². The summed E-state index contributed by atoms with van der Waals surface area (Å²) in [7, 11) is 0. The molecule has 4 rings (SSSR count). The van der Waals surface area contributed by atoms with Crippen molar-refractivity contribution in [3.63, 3.8) is 0 Å². The summed E-state index contributed by atoms with van der Waals surface area (Å²) in [6.07, 6.45) is 0.875. The first-order chi connectivity index (χ1) is 14.5. The highest BCUT2D eigenvalue weighted by Gasteiger charge is 2.63. The number of carbonyl (C=O) groups excluding carboxylic acids is 1. The highest BCUT2D eigenvalue weighted by molar-refractivity contribution is 5.79. The van der Waals surface area contributed by atoms with E-state index in [4.69, 9.17) is 4.98 Å². The van der Waals surface area contributed by atoms with Gasteiger partial charge in [-0.05, 0) is 70.9 Å². The van der Waals surface area contributed by atoms with Gasteiger partial charge in [0, 0.05) is 25.3 Å². The smallest absolute Gasteiger partial charge is 0.384 e. The monoisotopic (exact) mass is 437 g/mol. The van der Waals surface area contributed by atoms with Gasteiger partial charge in [0.05, 0.1) is 11.1 Å². The van der Waals surface area contributed by atoms with E-state index in [2.05, 4.69) is 9.55 Å². The third-order valence-electron chi connectivity index (χ3n) is 6.77. The number of fused-ring (bicyclic) bond motifs is 1. The molecule has 0 spiro atoms. The standard InChI is InChI=1S/C23H30F3N3O2/c1-21(2,31)18-11-10-17-20(28-18)29(15-6-5-7-15)19(27-17)9-4-3-8-16(30)14-22(12-13-22)23(24,25)26/h10-11,15,31H,3-9,12-14H2,1-2H3. The molecule has 8 heteroatoms. The quantitative estimate of drug-likeness (QED) is 0.534. The molecule has 170 valence electrons. The Hall–Kier alpha value is -1.96. The fourth-order valence-corrected chi connectivity index (χ4v) is 4.35. The molecular formula is C23H30F3N3O2. The highest BCUT2D eigenvalue weighted by atomic mass is 19.4. The van der Waals surface area contributed by atoms with E-state index >= 15 is 0 Å². The van der Waals surface area contributed by atoms with Gasteiger partial charge in [-0.15, -0.1) is 0 Å². The van der Waals surface area contributed by atoms with Gasteiger partial charge in [0.2, 0.25) is 0 Å². The topological polar surface area (TPSA) is 68.0 Å². The number of halogens is 3. The van der Waals surface area contributed by atoms with Gasteiger partial charge in [-0.25, -0.2) is 9.97 Å². The molecule has 5 nitrogen and oxygen atoms in total. The third kappa shape index (κ3) is 4.49. The largest absolute Gasteiger partial charge is 0.394 e. The SMILES string of the molecule is CC(C)(O)c1ccc2nc(CCCCC(=O)CC3(C(F)(F)F)CC3)n(C3CCC3)c2n1. The number of imidazole rings is 1. The van der Waals surface area contributed by atoms with Crippen molar-refractivity contribution in [2.45, 2.75) is 95.9 Å². The van der Waals surface area contributed by atoms with Crippen molar-refractivity contribution in [2.24, 2.45) is 5.41 Å². The van der Waals surface area contributed by atoms with Gasteiger partial charge in [-0.3, -0.25) is 4.79 Å². The minimum atomic E-state index is -4.27. The van der Waals surface area contributed by atoms with E-state index in [1.165, 1.54) is 0 Å². The van der Waals surface area contributed by atoms with Crippen LogP contribution in [0.25, 0.3) is 11.2 Å². The zero-order chi connectivity index (χ0) is 22.4. The summed E-state index contributed by atoms with van der Waals surface area (Å²) < 4.78 is 41.3. The minimum absolute atomic E-state index is 0.0767. The molecule has 0 unspecified atom stereocenters. The number of hydrogen-bond acceptors (Lipinski definition) is 4. The van der Waals surface area contributed by atoms with Gasteiger partial charge in [0.15, 0.2) is 5.65 Å².